The topological polar surface area (TPSA) is 31.2 Å². The van der Waals surface area contributed by atoms with E-state index in [9.17, 15) is 4.79 Å². The molecule has 84 valence electrons. The molecule has 0 aliphatic heterocycles. The lowest BCUT2D eigenvalue weighted by atomic mass is 10.2. The van der Waals surface area contributed by atoms with Crippen molar-refractivity contribution in [2.24, 2.45) is 0 Å². The van der Waals surface area contributed by atoms with E-state index in [1.54, 1.807) is 0 Å². The van der Waals surface area contributed by atoms with Crippen molar-refractivity contribution in [3.05, 3.63) is 34.4 Å². The fraction of sp³-hybridized carbons (Fsp3) is 0.250. The summed E-state index contributed by atoms with van der Waals surface area (Å²) < 4.78 is 7.72. The number of carbonyl (C=O) groups excluding carboxylic acids is 1. The lowest BCUT2D eigenvalue weighted by molar-refractivity contribution is 0.0589. The van der Waals surface area contributed by atoms with Crippen LogP contribution in [0.2, 0.25) is 0 Å². The van der Waals surface area contributed by atoms with Gasteiger partial charge in [0.25, 0.3) is 0 Å². The van der Waals surface area contributed by atoms with Crippen LogP contribution >= 0.6 is 15.9 Å². The van der Waals surface area contributed by atoms with E-state index in [0.717, 1.165) is 21.9 Å². The quantitative estimate of drug-likeness (QED) is 0.792. The van der Waals surface area contributed by atoms with Crippen LogP contribution in [0.5, 0.6) is 0 Å². The Labute approximate surface area is 102 Å². The zero-order valence-electron chi connectivity index (χ0n) is 9.16. The van der Waals surface area contributed by atoms with Crippen molar-refractivity contribution in [1.82, 2.24) is 4.57 Å². The summed E-state index contributed by atoms with van der Waals surface area (Å²) in [6.45, 7) is 2.75. The molecule has 2 aromatic rings. The van der Waals surface area contributed by atoms with Crippen LogP contribution < -0.4 is 0 Å². The van der Waals surface area contributed by atoms with Gasteiger partial charge in [0.15, 0.2) is 0 Å². The van der Waals surface area contributed by atoms with Gasteiger partial charge in [0.05, 0.1) is 7.11 Å². The Kier molecular flexibility index (Phi) is 3.01. The number of hydrogen-bond acceptors (Lipinski definition) is 2. The lowest BCUT2D eigenvalue weighted by Gasteiger charge is -2.05. The molecule has 0 atom stereocenters. The van der Waals surface area contributed by atoms with Gasteiger partial charge in [-0.05, 0) is 25.1 Å². The number of methoxy groups -OCH3 is 1. The van der Waals surface area contributed by atoms with E-state index in [4.69, 9.17) is 4.74 Å². The maximum atomic E-state index is 11.6. The first-order valence-electron chi connectivity index (χ1n) is 5.04. The van der Waals surface area contributed by atoms with Gasteiger partial charge in [0, 0.05) is 21.9 Å². The second-order valence-corrected chi connectivity index (χ2v) is 4.38. The smallest absolute Gasteiger partial charge is 0.354 e. The van der Waals surface area contributed by atoms with Crippen LogP contribution in [0, 0.1) is 0 Å². The SMILES string of the molecule is CCn1c(C(=O)OC)cc2ccc(Br)cc21. The van der Waals surface area contributed by atoms with Gasteiger partial charge in [-0.25, -0.2) is 4.79 Å². The number of fused-ring (bicyclic) bond motifs is 1. The van der Waals surface area contributed by atoms with E-state index in [1.807, 2.05) is 35.8 Å². The molecule has 1 aromatic heterocycles. The van der Waals surface area contributed by atoms with Gasteiger partial charge in [-0.1, -0.05) is 22.0 Å². The Morgan fingerprint density at radius 1 is 1.44 bits per heavy atom. The summed E-state index contributed by atoms with van der Waals surface area (Å²) >= 11 is 3.43. The Bertz CT molecular complexity index is 545. The average molecular weight is 282 g/mol. The molecule has 16 heavy (non-hydrogen) atoms. The van der Waals surface area contributed by atoms with Crippen LogP contribution in [0.25, 0.3) is 10.9 Å². The molecule has 0 unspecified atom stereocenters. The minimum atomic E-state index is -0.297. The minimum Gasteiger partial charge on any atom is -0.464 e. The predicted molar refractivity (Wildman–Crippen MR) is 66.7 cm³/mol. The molecular formula is C12H12BrNO2. The molecule has 0 saturated carbocycles. The Balaban J connectivity index is 2.71. The third-order valence-corrected chi connectivity index (χ3v) is 3.07. The van der Waals surface area contributed by atoms with Crippen LogP contribution in [0.4, 0.5) is 0 Å². The Morgan fingerprint density at radius 2 is 2.19 bits per heavy atom. The molecule has 3 nitrogen and oxygen atoms in total. The standard InChI is InChI=1S/C12H12BrNO2/c1-3-14-10-7-9(13)5-4-8(10)6-11(14)12(15)16-2/h4-7H,3H2,1-2H3. The molecule has 0 aliphatic rings. The van der Waals surface area contributed by atoms with E-state index >= 15 is 0 Å². The molecule has 0 amide bonds. The average Bonchev–Trinajstić information content (AvgIpc) is 2.65. The number of carbonyl (C=O) groups is 1. The number of esters is 1. The first-order valence-corrected chi connectivity index (χ1v) is 5.83. The highest BCUT2D eigenvalue weighted by atomic mass is 79.9. The van der Waals surface area contributed by atoms with Gasteiger partial charge < -0.3 is 9.30 Å². The molecule has 0 spiro atoms. The van der Waals surface area contributed by atoms with E-state index in [1.165, 1.54) is 7.11 Å². The van der Waals surface area contributed by atoms with Gasteiger partial charge in [0.2, 0.25) is 0 Å². The predicted octanol–water partition coefficient (Wildman–Crippen LogP) is 3.21. The summed E-state index contributed by atoms with van der Waals surface area (Å²) in [5, 5.41) is 1.05. The number of ether oxygens (including phenoxy) is 1. The minimum absolute atomic E-state index is 0.297. The molecule has 4 heteroatoms. The second kappa shape index (κ2) is 4.29. The van der Waals surface area contributed by atoms with Crippen molar-refractivity contribution in [2.45, 2.75) is 13.5 Å². The van der Waals surface area contributed by atoms with Gasteiger partial charge in [-0.3, -0.25) is 0 Å². The fourth-order valence-corrected chi connectivity index (χ4v) is 2.19. The Morgan fingerprint density at radius 3 is 2.81 bits per heavy atom. The van der Waals surface area contributed by atoms with Crippen LogP contribution in [0.15, 0.2) is 28.7 Å². The molecule has 0 fully saturated rings. The third-order valence-electron chi connectivity index (χ3n) is 2.58. The zero-order chi connectivity index (χ0) is 11.7. The number of hydrogen-bond donors (Lipinski definition) is 0. The van der Waals surface area contributed by atoms with Gasteiger partial charge >= 0.3 is 5.97 Å². The molecule has 0 N–H and O–H groups in total. The number of rotatable bonds is 2. The van der Waals surface area contributed by atoms with E-state index in [0.29, 0.717) is 5.69 Å². The summed E-state index contributed by atoms with van der Waals surface area (Å²) in [5.74, 6) is -0.297. The van der Waals surface area contributed by atoms with E-state index in [-0.39, 0.29) is 5.97 Å². The van der Waals surface area contributed by atoms with Crippen LogP contribution in [0.3, 0.4) is 0 Å². The van der Waals surface area contributed by atoms with E-state index in [2.05, 4.69) is 15.9 Å². The molecule has 2 rings (SSSR count). The molecule has 0 saturated heterocycles. The van der Waals surface area contributed by atoms with Crippen molar-refractivity contribution in [1.29, 1.82) is 0 Å². The van der Waals surface area contributed by atoms with Crippen molar-refractivity contribution in [2.75, 3.05) is 7.11 Å². The molecule has 0 bridgehead atoms. The highest BCUT2D eigenvalue weighted by Crippen LogP contribution is 2.24. The first-order chi connectivity index (χ1) is 7.67. The molecule has 0 aliphatic carbocycles. The summed E-state index contributed by atoms with van der Waals surface area (Å²) in [6.07, 6.45) is 0. The largest absolute Gasteiger partial charge is 0.464 e. The number of nitrogens with zero attached hydrogens (tertiary/aromatic N) is 1. The van der Waals surface area contributed by atoms with Crippen molar-refractivity contribution in [3.8, 4) is 0 Å². The summed E-state index contributed by atoms with van der Waals surface area (Å²) in [4.78, 5) is 11.6. The third kappa shape index (κ3) is 1.73. The summed E-state index contributed by atoms with van der Waals surface area (Å²) in [7, 11) is 1.40. The number of aromatic nitrogens is 1. The number of benzene rings is 1. The van der Waals surface area contributed by atoms with Gasteiger partial charge in [-0.15, -0.1) is 0 Å². The Hall–Kier alpha value is -1.29. The van der Waals surface area contributed by atoms with Gasteiger partial charge in [-0.2, -0.15) is 0 Å². The highest BCUT2D eigenvalue weighted by molar-refractivity contribution is 9.10. The summed E-state index contributed by atoms with van der Waals surface area (Å²) in [6, 6.07) is 7.81. The fourth-order valence-electron chi connectivity index (χ4n) is 1.84. The molecule has 0 radical (unpaired) electrons. The molecular weight excluding hydrogens is 270 g/mol. The molecule has 1 aromatic carbocycles. The van der Waals surface area contributed by atoms with Crippen LogP contribution in [0.1, 0.15) is 17.4 Å². The number of halogens is 1. The van der Waals surface area contributed by atoms with Crippen LogP contribution in [-0.2, 0) is 11.3 Å². The first kappa shape index (κ1) is 11.2. The van der Waals surface area contributed by atoms with E-state index < -0.39 is 0 Å². The van der Waals surface area contributed by atoms with Crippen LogP contribution in [-0.4, -0.2) is 17.6 Å². The van der Waals surface area contributed by atoms with Crippen molar-refractivity contribution < 1.29 is 9.53 Å². The van der Waals surface area contributed by atoms with Crippen molar-refractivity contribution >= 4 is 32.8 Å². The maximum Gasteiger partial charge on any atom is 0.354 e. The number of aryl methyl sites for hydroxylation is 1. The normalized spacial score (nSPS) is 10.7. The monoisotopic (exact) mass is 281 g/mol. The maximum absolute atomic E-state index is 11.6. The second-order valence-electron chi connectivity index (χ2n) is 3.47. The van der Waals surface area contributed by atoms with Crippen molar-refractivity contribution in [3.63, 3.8) is 0 Å². The molecule has 1 heterocycles. The lowest BCUT2D eigenvalue weighted by Crippen LogP contribution is -2.09. The highest BCUT2D eigenvalue weighted by Gasteiger charge is 2.14. The summed E-state index contributed by atoms with van der Waals surface area (Å²) in [5.41, 5.74) is 1.63. The zero-order valence-corrected chi connectivity index (χ0v) is 10.7. The van der Waals surface area contributed by atoms with Gasteiger partial charge in [0.1, 0.15) is 5.69 Å².